The van der Waals surface area contributed by atoms with Gasteiger partial charge in [0, 0.05) is 0 Å². The van der Waals surface area contributed by atoms with Crippen LogP contribution in [-0.4, -0.2) is 0 Å². The van der Waals surface area contributed by atoms with Gasteiger partial charge in [-0.05, 0) is 42.7 Å². The molecule has 1 aliphatic carbocycles. The van der Waals surface area contributed by atoms with Crippen molar-refractivity contribution in [3.63, 3.8) is 0 Å². The van der Waals surface area contributed by atoms with Gasteiger partial charge in [-0.3, -0.25) is 0 Å². The summed E-state index contributed by atoms with van der Waals surface area (Å²) in [6.45, 7) is 13.7. The molecule has 2 unspecified atom stereocenters. The van der Waals surface area contributed by atoms with Gasteiger partial charge in [0.15, 0.2) is 0 Å². The normalized spacial score (nSPS) is 32.4. The van der Waals surface area contributed by atoms with E-state index in [2.05, 4.69) is 47.6 Å². The summed E-state index contributed by atoms with van der Waals surface area (Å²) in [5, 5.41) is 0. The highest BCUT2D eigenvalue weighted by Gasteiger charge is 2.27. The van der Waals surface area contributed by atoms with Gasteiger partial charge >= 0.3 is 0 Å². The van der Waals surface area contributed by atoms with Crippen LogP contribution < -0.4 is 0 Å². The Hall–Kier alpha value is -0.520. The molecule has 0 saturated heterocycles. The fourth-order valence-corrected chi connectivity index (χ4v) is 2.19. The zero-order valence-corrected chi connectivity index (χ0v) is 9.81. The van der Waals surface area contributed by atoms with E-state index >= 15 is 0 Å². The third-order valence-electron chi connectivity index (χ3n) is 3.46. The van der Waals surface area contributed by atoms with E-state index in [-0.39, 0.29) is 0 Å². The van der Waals surface area contributed by atoms with Crippen LogP contribution in [0.5, 0.6) is 0 Å². The third-order valence-corrected chi connectivity index (χ3v) is 3.46. The molecule has 0 aliphatic heterocycles. The van der Waals surface area contributed by atoms with Gasteiger partial charge in [0.05, 0.1) is 0 Å². The Morgan fingerprint density at radius 1 is 1.08 bits per heavy atom. The molecule has 0 fully saturated rings. The van der Waals surface area contributed by atoms with Gasteiger partial charge in [0.1, 0.15) is 0 Å². The van der Waals surface area contributed by atoms with Gasteiger partial charge in [0.25, 0.3) is 0 Å². The standard InChI is InChI=1S/C13H22/c1-8(2)7-13-11(5)9(3)10(4)12(13)6/h7-9,11H,1-6H3. The molecule has 0 aromatic heterocycles. The Morgan fingerprint density at radius 3 is 1.92 bits per heavy atom. The summed E-state index contributed by atoms with van der Waals surface area (Å²) in [5.74, 6) is 2.14. The second-order valence-corrected chi connectivity index (χ2v) is 4.75. The molecule has 1 rings (SSSR count). The highest BCUT2D eigenvalue weighted by atomic mass is 14.3. The second kappa shape index (κ2) is 3.69. The minimum Gasteiger partial charge on any atom is -0.0782 e. The highest BCUT2D eigenvalue weighted by molar-refractivity contribution is 5.42. The van der Waals surface area contributed by atoms with Crippen LogP contribution in [0.25, 0.3) is 0 Å². The number of rotatable bonds is 1. The summed E-state index contributed by atoms with van der Waals surface area (Å²) in [5.41, 5.74) is 4.70. The molecular formula is C13H22. The van der Waals surface area contributed by atoms with Crippen molar-refractivity contribution in [3.05, 3.63) is 22.8 Å². The average molecular weight is 178 g/mol. The van der Waals surface area contributed by atoms with Gasteiger partial charge in [0.2, 0.25) is 0 Å². The molecule has 0 radical (unpaired) electrons. The maximum Gasteiger partial charge on any atom is -0.0128 e. The molecule has 0 amide bonds. The average Bonchev–Trinajstić information content (AvgIpc) is 2.22. The molecule has 1 aliphatic rings. The minimum atomic E-state index is 0.672. The van der Waals surface area contributed by atoms with Gasteiger partial charge < -0.3 is 0 Å². The summed E-state index contributed by atoms with van der Waals surface area (Å²) in [4.78, 5) is 0. The summed E-state index contributed by atoms with van der Waals surface area (Å²) in [6, 6.07) is 0. The maximum atomic E-state index is 2.42. The molecule has 74 valence electrons. The van der Waals surface area contributed by atoms with Gasteiger partial charge in [-0.25, -0.2) is 0 Å². The first kappa shape index (κ1) is 10.6. The van der Waals surface area contributed by atoms with E-state index in [4.69, 9.17) is 0 Å². The van der Waals surface area contributed by atoms with Gasteiger partial charge in [-0.2, -0.15) is 0 Å². The first-order valence-corrected chi connectivity index (χ1v) is 5.34. The molecule has 0 N–H and O–H groups in total. The highest BCUT2D eigenvalue weighted by Crippen LogP contribution is 2.40. The number of hydrogen-bond donors (Lipinski definition) is 0. The molecule has 0 saturated carbocycles. The van der Waals surface area contributed by atoms with Crippen molar-refractivity contribution in [3.8, 4) is 0 Å². The second-order valence-electron chi connectivity index (χ2n) is 4.75. The van der Waals surface area contributed by atoms with Gasteiger partial charge in [-0.15, -0.1) is 0 Å². The van der Waals surface area contributed by atoms with E-state index in [1.54, 1.807) is 11.1 Å². The Kier molecular flexibility index (Phi) is 3.00. The number of hydrogen-bond acceptors (Lipinski definition) is 0. The van der Waals surface area contributed by atoms with Crippen LogP contribution in [-0.2, 0) is 0 Å². The topological polar surface area (TPSA) is 0 Å². The quantitative estimate of drug-likeness (QED) is 0.564. The summed E-state index contributed by atoms with van der Waals surface area (Å²) in [6.07, 6.45) is 2.42. The SMILES string of the molecule is CC1=C(C)C(C)C(C)C1=CC(C)C. The molecule has 0 aromatic carbocycles. The first-order valence-electron chi connectivity index (χ1n) is 5.34. The largest absolute Gasteiger partial charge is 0.0782 e. The van der Waals surface area contributed by atoms with Crippen molar-refractivity contribution in [2.24, 2.45) is 17.8 Å². The van der Waals surface area contributed by atoms with Crippen LogP contribution in [0, 0.1) is 17.8 Å². The van der Waals surface area contributed by atoms with Gasteiger partial charge in [-0.1, -0.05) is 39.3 Å². The van der Waals surface area contributed by atoms with E-state index in [1.807, 2.05) is 0 Å². The van der Waals surface area contributed by atoms with Crippen molar-refractivity contribution in [1.29, 1.82) is 0 Å². The van der Waals surface area contributed by atoms with Crippen LogP contribution in [0.15, 0.2) is 22.8 Å². The predicted octanol–water partition coefficient (Wildman–Crippen LogP) is 4.19. The van der Waals surface area contributed by atoms with E-state index in [0.717, 1.165) is 11.8 Å². The van der Waals surface area contributed by atoms with Crippen LogP contribution in [0.2, 0.25) is 0 Å². The Labute approximate surface area is 82.7 Å². The zero-order valence-electron chi connectivity index (χ0n) is 9.81. The molecule has 0 bridgehead atoms. The molecule has 0 heterocycles. The maximum absolute atomic E-state index is 2.42. The molecule has 0 nitrogen and oxygen atoms in total. The Balaban J connectivity index is 3.01. The molecule has 0 heteroatoms. The van der Waals surface area contributed by atoms with Crippen molar-refractivity contribution >= 4 is 0 Å². The third kappa shape index (κ3) is 1.87. The Morgan fingerprint density at radius 2 is 1.62 bits per heavy atom. The van der Waals surface area contributed by atoms with Crippen LogP contribution in [0.1, 0.15) is 41.5 Å². The fourth-order valence-electron chi connectivity index (χ4n) is 2.19. The summed E-state index contributed by atoms with van der Waals surface area (Å²) in [7, 11) is 0. The van der Waals surface area contributed by atoms with E-state index < -0.39 is 0 Å². The molecule has 0 aromatic rings. The van der Waals surface area contributed by atoms with Crippen LogP contribution in [0.4, 0.5) is 0 Å². The van der Waals surface area contributed by atoms with Crippen molar-refractivity contribution in [1.82, 2.24) is 0 Å². The molecule has 2 atom stereocenters. The minimum absolute atomic E-state index is 0.672. The van der Waals surface area contributed by atoms with Crippen molar-refractivity contribution in [2.75, 3.05) is 0 Å². The zero-order chi connectivity index (χ0) is 10.2. The predicted molar refractivity (Wildman–Crippen MR) is 59.6 cm³/mol. The van der Waals surface area contributed by atoms with Crippen LogP contribution >= 0.6 is 0 Å². The Bertz CT molecular complexity index is 253. The molecule has 0 spiro atoms. The molecule has 13 heavy (non-hydrogen) atoms. The summed E-state index contributed by atoms with van der Waals surface area (Å²) >= 11 is 0. The van der Waals surface area contributed by atoms with Crippen LogP contribution in [0.3, 0.4) is 0 Å². The van der Waals surface area contributed by atoms with E-state index in [9.17, 15) is 0 Å². The smallest absolute Gasteiger partial charge is 0.0128 e. The first-order chi connectivity index (χ1) is 5.95. The van der Waals surface area contributed by atoms with Crippen molar-refractivity contribution in [2.45, 2.75) is 41.5 Å². The number of allylic oxidation sites excluding steroid dienone is 4. The fraction of sp³-hybridized carbons (Fsp3) is 0.692. The van der Waals surface area contributed by atoms with E-state index in [1.165, 1.54) is 5.57 Å². The lowest BCUT2D eigenvalue weighted by Gasteiger charge is -2.13. The summed E-state index contributed by atoms with van der Waals surface area (Å²) < 4.78 is 0. The van der Waals surface area contributed by atoms with Crippen molar-refractivity contribution < 1.29 is 0 Å². The molecular weight excluding hydrogens is 156 g/mol. The lowest BCUT2D eigenvalue weighted by molar-refractivity contribution is 0.537. The lowest BCUT2D eigenvalue weighted by Crippen LogP contribution is -2.04. The monoisotopic (exact) mass is 178 g/mol. The lowest BCUT2D eigenvalue weighted by atomic mass is 9.91. The van der Waals surface area contributed by atoms with E-state index in [0.29, 0.717) is 5.92 Å².